The van der Waals surface area contributed by atoms with Crippen LogP contribution in [0.4, 0.5) is 0 Å². The van der Waals surface area contributed by atoms with Crippen molar-refractivity contribution in [1.82, 2.24) is 10.1 Å². The van der Waals surface area contributed by atoms with Crippen molar-refractivity contribution in [3.63, 3.8) is 0 Å². The summed E-state index contributed by atoms with van der Waals surface area (Å²) in [4.78, 5) is 4.25. The smallest absolute Gasteiger partial charge is 0.258 e. The molecule has 5 heteroatoms. The van der Waals surface area contributed by atoms with E-state index >= 15 is 0 Å². The van der Waals surface area contributed by atoms with E-state index < -0.39 is 0 Å². The Hall–Kier alpha value is -0.870. The summed E-state index contributed by atoms with van der Waals surface area (Å²) in [6.07, 6.45) is 0. The molecule has 0 spiro atoms. The molecule has 0 fully saturated rings. The second-order valence-corrected chi connectivity index (χ2v) is 5.10. The van der Waals surface area contributed by atoms with E-state index in [2.05, 4.69) is 26.1 Å². The van der Waals surface area contributed by atoms with E-state index in [1.165, 1.54) is 0 Å². The monoisotopic (exact) mass is 300 g/mol. The van der Waals surface area contributed by atoms with Gasteiger partial charge in [0.05, 0.1) is 5.38 Å². The number of aryl methyl sites for hydroxylation is 1. The number of hydrogen-bond donors (Lipinski definition) is 0. The van der Waals surface area contributed by atoms with Crippen molar-refractivity contribution in [2.45, 2.75) is 19.2 Å². The molecule has 1 atom stereocenters. The summed E-state index contributed by atoms with van der Waals surface area (Å²) in [5, 5.41) is 3.58. The van der Waals surface area contributed by atoms with Crippen LogP contribution in [0.2, 0.25) is 0 Å². The van der Waals surface area contributed by atoms with Crippen LogP contribution in [-0.2, 0) is 0 Å². The topological polar surface area (TPSA) is 38.9 Å². The molecule has 84 valence electrons. The van der Waals surface area contributed by atoms with Gasteiger partial charge >= 0.3 is 0 Å². The van der Waals surface area contributed by atoms with Gasteiger partial charge in [-0.3, -0.25) is 0 Å². The van der Waals surface area contributed by atoms with Crippen molar-refractivity contribution < 1.29 is 4.52 Å². The van der Waals surface area contributed by atoms with Crippen LogP contribution in [0.1, 0.15) is 23.7 Å². The van der Waals surface area contributed by atoms with Gasteiger partial charge in [0.15, 0.2) is 5.82 Å². The molecule has 0 N–H and O–H groups in total. The standard InChI is InChI=1S/C11H10BrClN2O/c1-6-3-4-8(12)5-9(6)11-14-10(7(2)13)15-16-11/h3-5,7H,1-2H3. The summed E-state index contributed by atoms with van der Waals surface area (Å²) >= 11 is 9.29. The average Bonchev–Trinajstić information content (AvgIpc) is 2.70. The Labute approximate surface area is 107 Å². The van der Waals surface area contributed by atoms with Gasteiger partial charge in [0, 0.05) is 10.0 Å². The molecule has 2 aromatic rings. The van der Waals surface area contributed by atoms with Gasteiger partial charge in [0.2, 0.25) is 0 Å². The van der Waals surface area contributed by atoms with Crippen LogP contribution in [0.3, 0.4) is 0 Å². The summed E-state index contributed by atoms with van der Waals surface area (Å²) in [6, 6.07) is 5.92. The molecule has 0 amide bonds. The van der Waals surface area contributed by atoms with E-state index in [-0.39, 0.29) is 5.38 Å². The predicted molar refractivity (Wildman–Crippen MR) is 66.4 cm³/mol. The fourth-order valence-electron chi connectivity index (χ4n) is 1.33. The van der Waals surface area contributed by atoms with Gasteiger partial charge in [-0.2, -0.15) is 4.98 Å². The molecular formula is C11H10BrClN2O. The Kier molecular flexibility index (Phi) is 3.30. The quantitative estimate of drug-likeness (QED) is 0.784. The lowest BCUT2D eigenvalue weighted by molar-refractivity contribution is 0.422. The zero-order valence-corrected chi connectivity index (χ0v) is 11.2. The summed E-state index contributed by atoms with van der Waals surface area (Å²) in [7, 11) is 0. The van der Waals surface area contributed by atoms with Gasteiger partial charge in [0.25, 0.3) is 5.89 Å². The van der Waals surface area contributed by atoms with Crippen molar-refractivity contribution in [2.24, 2.45) is 0 Å². The van der Waals surface area contributed by atoms with Crippen LogP contribution in [0, 0.1) is 6.92 Å². The molecule has 0 aliphatic carbocycles. The molecular weight excluding hydrogens is 291 g/mol. The van der Waals surface area contributed by atoms with Crippen LogP contribution in [-0.4, -0.2) is 10.1 Å². The third-order valence-electron chi connectivity index (χ3n) is 2.23. The Morgan fingerprint density at radius 3 is 2.81 bits per heavy atom. The van der Waals surface area contributed by atoms with Gasteiger partial charge in [0.1, 0.15) is 0 Å². The summed E-state index contributed by atoms with van der Waals surface area (Å²) in [5.41, 5.74) is 2.01. The Bertz CT molecular complexity index is 510. The van der Waals surface area contributed by atoms with E-state index in [4.69, 9.17) is 16.1 Å². The second kappa shape index (κ2) is 4.55. The first-order chi connectivity index (χ1) is 7.58. The predicted octanol–water partition coefficient (Wildman–Crippen LogP) is 4.11. The van der Waals surface area contributed by atoms with Crippen molar-refractivity contribution >= 4 is 27.5 Å². The van der Waals surface area contributed by atoms with E-state index in [1.807, 2.05) is 32.0 Å². The highest BCUT2D eigenvalue weighted by molar-refractivity contribution is 9.10. The minimum atomic E-state index is -0.245. The summed E-state index contributed by atoms with van der Waals surface area (Å²) < 4.78 is 6.16. The molecule has 0 radical (unpaired) electrons. The second-order valence-electron chi connectivity index (χ2n) is 3.53. The number of rotatable bonds is 2. The largest absolute Gasteiger partial charge is 0.334 e. The Morgan fingerprint density at radius 1 is 1.44 bits per heavy atom. The minimum absolute atomic E-state index is 0.245. The van der Waals surface area contributed by atoms with Gasteiger partial charge in [-0.15, -0.1) is 11.6 Å². The van der Waals surface area contributed by atoms with Crippen LogP contribution in [0.25, 0.3) is 11.5 Å². The first-order valence-electron chi connectivity index (χ1n) is 4.82. The van der Waals surface area contributed by atoms with Crippen LogP contribution < -0.4 is 0 Å². The van der Waals surface area contributed by atoms with Crippen molar-refractivity contribution in [3.8, 4) is 11.5 Å². The van der Waals surface area contributed by atoms with E-state index in [0.717, 1.165) is 15.6 Å². The van der Waals surface area contributed by atoms with Crippen LogP contribution in [0.15, 0.2) is 27.2 Å². The number of benzene rings is 1. The maximum absolute atomic E-state index is 5.88. The Morgan fingerprint density at radius 2 is 2.19 bits per heavy atom. The van der Waals surface area contributed by atoms with Crippen molar-refractivity contribution in [3.05, 3.63) is 34.1 Å². The lowest BCUT2D eigenvalue weighted by Crippen LogP contribution is -1.88. The highest BCUT2D eigenvalue weighted by Gasteiger charge is 2.14. The third-order valence-corrected chi connectivity index (χ3v) is 2.92. The number of halogens is 2. The van der Waals surface area contributed by atoms with Gasteiger partial charge in [-0.1, -0.05) is 27.2 Å². The molecule has 0 bridgehead atoms. The van der Waals surface area contributed by atoms with Crippen molar-refractivity contribution in [2.75, 3.05) is 0 Å². The fraction of sp³-hybridized carbons (Fsp3) is 0.273. The van der Waals surface area contributed by atoms with Gasteiger partial charge < -0.3 is 4.52 Å². The molecule has 1 heterocycles. The molecule has 3 nitrogen and oxygen atoms in total. The lowest BCUT2D eigenvalue weighted by atomic mass is 10.1. The van der Waals surface area contributed by atoms with Gasteiger partial charge in [-0.05, 0) is 31.5 Å². The van der Waals surface area contributed by atoms with E-state index in [9.17, 15) is 0 Å². The molecule has 0 saturated heterocycles. The molecule has 0 aliphatic rings. The van der Waals surface area contributed by atoms with Gasteiger partial charge in [-0.25, -0.2) is 0 Å². The molecule has 2 rings (SSSR count). The molecule has 1 unspecified atom stereocenters. The van der Waals surface area contributed by atoms with Crippen LogP contribution >= 0.6 is 27.5 Å². The number of hydrogen-bond acceptors (Lipinski definition) is 3. The average molecular weight is 302 g/mol. The minimum Gasteiger partial charge on any atom is -0.334 e. The van der Waals surface area contributed by atoms with Crippen molar-refractivity contribution in [1.29, 1.82) is 0 Å². The highest BCUT2D eigenvalue weighted by atomic mass is 79.9. The van der Waals surface area contributed by atoms with E-state index in [1.54, 1.807) is 0 Å². The van der Waals surface area contributed by atoms with E-state index in [0.29, 0.717) is 11.7 Å². The SMILES string of the molecule is Cc1ccc(Br)cc1-c1nc(C(C)Cl)no1. The first kappa shape index (κ1) is 11.6. The summed E-state index contributed by atoms with van der Waals surface area (Å²) in [5.74, 6) is 1.01. The molecule has 1 aromatic carbocycles. The maximum atomic E-state index is 5.88. The third kappa shape index (κ3) is 2.28. The molecule has 1 aromatic heterocycles. The molecule has 16 heavy (non-hydrogen) atoms. The first-order valence-corrected chi connectivity index (χ1v) is 6.05. The summed E-state index contributed by atoms with van der Waals surface area (Å²) in [6.45, 7) is 3.81. The highest BCUT2D eigenvalue weighted by Crippen LogP contribution is 2.27. The Balaban J connectivity index is 2.46. The lowest BCUT2D eigenvalue weighted by Gasteiger charge is -2.00. The normalized spacial score (nSPS) is 12.8. The van der Waals surface area contributed by atoms with Crippen LogP contribution in [0.5, 0.6) is 0 Å². The number of alkyl halides is 1. The number of aromatic nitrogens is 2. The molecule has 0 aliphatic heterocycles. The molecule has 0 saturated carbocycles. The maximum Gasteiger partial charge on any atom is 0.258 e. The zero-order valence-electron chi connectivity index (χ0n) is 8.87. The fourth-order valence-corrected chi connectivity index (χ4v) is 1.78. The zero-order chi connectivity index (χ0) is 11.7. The number of nitrogens with zero attached hydrogens (tertiary/aromatic N) is 2.